The zero-order chi connectivity index (χ0) is 14.5. The van der Waals surface area contributed by atoms with Crippen LogP contribution in [0, 0.1) is 0 Å². The first-order valence-electron chi connectivity index (χ1n) is 7.31. The Hall–Kier alpha value is -1.11. The number of rotatable bonds is 6. The van der Waals surface area contributed by atoms with Gasteiger partial charge in [-0.05, 0) is 12.0 Å². The van der Waals surface area contributed by atoms with Crippen molar-refractivity contribution in [2.45, 2.75) is 31.3 Å². The van der Waals surface area contributed by atoms with Crippen LogP contribution in [0.3, 0.4) is 0 Å². The van der Waals surface area contributed by atoms with Crippen molar-refractivity contribution < 1.29 is 9.47 Å². The van der Waals surface area contributed by atoms with Crippen LogP contribution < -0.4 is 5.73 Å². The molecule has 5 nitrogen and oxygen atoms in total. The second-order valence-electron chi connectivity index (χ2n) is 5.42. The number of aromatic nitrogens is 2. The van der Waals surface area contributed by atoms with Crippen LogP contribution in [0.4, 0.5) is 0 Å². The molecule has 0 aliphatic carbocycles. The van der Waals surface area contributed by atoms with Crippen LogP contribution >= 0.6 is 24.8 Å². The van der Waals surface area contributed by atoms with E-state index in [0.717, 1.165) is 12.8 Å². The van der Waals surface area contributed by atoms with Gasteiger partial charge >= 0.3 is 0 Å². The van der Waals surface area contributed by atoms with E-state index < -0.39 is 5.79 Å². The first-order valence-corrected chi connectivity index (χ1v) is 7.31. The lowest BCUT2D eigenvalue weighted by atomic mass is 10.0. The second kappa shape index (κ2) is 9.25. The van der Waals surface area contributed by atoms with Crippen molar-refractivity contribution in [2.24, 2.45) is 5.73 Å². The number of imidazole rings is 1. The van der Waals surface area contributed by atoms with Crippen LogP contribution in [0.25, 0.3) is 0 Å². The minimum absolute atomic E-state index is 0. The third kappa shape index (κ3) is 5.19. The first kappa shape index (κ1) is 19.9. The summed E-state index contributed by atoms with van der Waals surface area (Å²) < 4.78 is 14.1. The molecule has 1 aromatic carbocycles. The van der Waals surface area contributed by atoms with E-state index in [1.54, 1.807) is 12.5 Å². The number of benzene rings is 1. The summed E-state index contributed by atoms with van der Waals surface area (Å²) in [5, 5.41) is 0. The Labute approximate surface area is 149 Å². The summed E-state index contributed by atoms with van der Waals surface area (Å²) in [5.74, 6) is -0.611. The number of hydrogen-bond donors (Lipinski definition) is 1. The smallest absolute Gasteiger partial charge is 0.187 e. The Morgan fingerprint density at radius 1 is 1.26 bits per heavy atom. The van der Waals surface area contributed by atoms with Gasteiger partial charge in [-0.15, -0.1) is 24.8 Å². The van der Waals surface area contributed by atoms with E-state index in [4.69, 9.17) is 15.2 Å². The van der Waals surface area contributed by atoms with Gasteiger partial charge in [-0.3, -0.25) is 0 Å². The molecule has 2 N–H and O–H groups in total. The summed E-state index contributed by atoms with van der Waals surface area (Å²) in [7, 11) is 0. The maximum Gasteiger partial charge on any atom is 0.187 e. The van der Waals surface area contributed by atoms with Gasteiger partial charge in [0.1, 0.15) is 0 Å². The summed E-state index contributed by atoms with van der Waals surface area (Å²) in [6.07, 6.45) is 7.16. The number of halogens is 2. The van der Waals surface area contributed by atoms with Gasteiger partial charge in [0.05, 0.1) is 25.6 Å². The van der Waals surface area contributed by atoms with Gasteiger partial charge in [-0.2, -0.15) is 0 Å². The highest BCUT2D eigenvalue weighted by atomic mass is 35.5. The van der Waals surface area contributed by atoms with Crippen LogP contribution in [0.2, 0.25) is 0 Å². The van der Waals surface area contributed by atoms with Crippen molar-refractivity contribution >= 4 is 24.8 Å². The van der Waals surface area contributed by atoms with E-state index >= 15 is 0 Å². The molecule has 1 saturated heterocycles. The molecule has 1 fully saturated rings. The summed E-state index contributed by atoms with van der Waals surface area (Å²) in [5.41, 5.74) is 6.99. The van der Waals surface area contributed by atoms with Crippen molar-refractivity contribution in [1.82, 2.24) is 9.55 Å². The minimum atomic E-state index is -0.611. The number of nitrogens with two attached hydrogens (primary N) is 1. The largest absolute Gasteiger partial charge is 0.345 e. The molecular formula is C16H23Cl2N3O2. The van der Waals surface area contributed by atoms with Crippen LogP contribution in [-0.2, 0) is 22.4 Å². The van der Waals surface area contributed by atoms with Crippen LogP contribution in [-0.4, -0.2) is 34.6 Å². The fraction of sp³-hybridized carbons (Fsp3) is 0.438. The van der Waals surface area contributed by atoms with E-state index in [9.17, 15) is 0 Å². The zero-order valence-corrected chi connectivity index (χ0v) is 14.5. The van der Waals surface area contributed by atoms with Crippen LogP contribution in [0.1, 0.15) is 12.0 Å². The predicted octanol–water partition coefficient (Wildman–Crippen LogP) is 2.43. The lowest BCUT2D eigenvalue weighted by Gasteiger charge is -2.28. The van der Waals surface area contributed by atoms with E-state index in [-0.39, 0.29) is 30.9 Å². The number of ether oxygens (including phenoxy) is 2. The first-order chi connectivity index (χ1) is 10.3. The lowest BCUT2D eigenvalue weighted by molar-refractivity contribution is -0.181. The molecule has 2 atom stereocenters. The van der Waals surface area contributed by atoms with Crippen molar-refractivity contribution in [1.29, 1.82) is 0 Å². The molecule has 7 heteroatoms. The van der Waals surface area contributed by atoms with E-state index in [2.05, 4.69) is 29.2 Å². The van der Waals surface area contributed by atoms with Crippen molar-refractivity contribution in [3.8, 4) is 0 Å². The molecule has 3 rings (SSSR count). The molecule has 0 amide bonds. The molecule has 2 heterocycles. The molecule has 2 unspecified atom stereocenters. The maximum atomic E-state index is 6.10. The highest BCUT2D eigenvalue weighted by Crippen LogP contribution is 2.30. The zero-order valence-electron chi connectivity index (χ0n) is 12.8. The Kier molecular flexibility index (Phi) is 8.02. The highest BCUT2D eigenvalue weighted by Gasteiger charge is 2.41. The van der Waals surface area contributed by atoms with Gasteiger partial charge in [-0.1, -0.05) is 30.3 Å². The SMILES string of the molecule is Cl.Cl.NCC1COC(CCc2ccccc2)(Cn2ccnc2)O1. The van der Waals surface area contributed by atoms with Gasteiger partial charge in [0.15, 0.2) is 5.79 Å². The molecule has 2 aromatic rings. The van der Waals surface area contributed by atoms with E-state index in [1.807, 2.05) is 16.8 Å². The predicted molar refractivity (Wildman–Crippen MR) is 94.1 cm³/mol. The Bertz CT molecular complexity index is 554. The standard InChI is InChI=1S/C16H21N3O2.2ClH/c17-10-15-11-20-16(21-15,12-19-9-8-18-13-19)7-6-14-4-2-1-3-5-14;;/h1-5,8-9,13,15H,6-7,10-12,17H2;2*1H. The molecule has 0 spiro atoms. The van der Waals surface area contributed by atoms with Gasteiger partial charge in [-0.25, -0.2) is 4.98 Å². The summed E-state index contributed by atoms with van der Waals surface area (Å²) in [6, 6.07) is 10.4. The monoisotopic (exact) mass is 359 g/mol. The molecule has 23 heavy (non-hydrogen) atoms. The Morgan fingerprint density at radius 3 is 2.65 bits per heavy atom. The van der Waals surface area contributed by atoms with E-state index in [1.165, 1.54) is 5.56 Å². The van der Waals surface area contributed by atoms with Gasteiger partial charge < -0.3 is 19.8 Å². The molecule has 1 aliphatic rings. The van der Waals surface area contributed by atoms with Crippen molar-refractivity contribution in [2.75, 3.05) is 13.2 Å². The van der Waals surface area contributed by atoms with E-state index in [0.29, 0.717) is 19.7 Å². The molecule has 1 aromatic heterocycles. The number of nitrogens with zero attached hydrogens (tertiary/aromatic N) is 2. The molecular weight excluding hydrogens is 337 g/mol. The topological polar surface area (TPSA) is 62.3 Å². The molecule has 1 aliphatic heterocycles. The lowest BCUT2D eigenvalue weighted by Crippen LogP contribution is -2.37. The minimum Gasteiger partial charge on any atom is -0.345 e. The summed E-state index contributed by atoms with van der Waals surface area (Å²) >= 11 is 0. The maximum absolute atomic E-state index is 6.10. The quantitative estimate of drug-likeness (QED) is 0.860. The average molecular weight is 360 g/mol. The third-order valence-corrected chi connectivity index (χ3v) is 3.80. The molecule has 0 saturated carbocycles. The summed E-state index contributed by atoms with van der Waals surface area (Å²) in [6.45, 7) is 1.67. The fourth-order valence-electron chi connectivity index (χ4n) is 2.66. The molecule has 128 valence electrons. The molecule has 0 bridgehead atoms. The number of hydrogen-bond acceptors (Lipinski definition) is 4. The second-order valence-corrected chi connectivity index (χ2v) is 5.42. The van der Waals surface area contributed by atoms with Crippen LogP contribution in [0.5, 0.6) is 0 Å². The number of aryl methyl sites for hydroxylation is 1. The van der Waals surface area contributed by atoms with Crippen LogP contribution in [0.15, 0.2) is 49.1 Å². The third-order valence-electron chi connectivity index (χ3n) is 3.80. The normalized spacial score (nSPS) is 23.1. The van der Waals surface area contributed by atoms with Gasteiger partial charge in [0.25, 0.3) is 0 Å². The highest BCUT2D eigenvalue weighted by molar-refractivity contribution is 5.85. The van der Waals surface area contributed by atoms with Crippen molar-refractivity contribution in [3.05, 3.63) is 54.6 Å². The van der Waals surface area contributed by atoms with Gasteiger partial charge in [0, 0.05) is 25.4 Å². The van der Waals surface area contributed by atoms with Crippen molar-refractivity contribution in [3.63, 3.8) is 0 Å². The fourth-order valence-corrected chi connectivity index (χ4v) is 2.66. The average Bonchev–Trinajstić information content (AvgIpc) is 3.17. The van der Waals surface area contributed by atoms with Gasteiger partial charge in [0.2, 0.25) is 0 Å². The summed E-state index contributed by atoms with van der Waals surface area (Å²) in [4.78, 5) is 4.08. The Morgan fingerprint density at radius 2 is 2.04 bits per heavy atom. The Balaban J connectivity index is 0.00000132. The molecule has 0 radical (unpaired) electrons.